The number of benzene rings is 1. The summed E-state index contributed by atoms with van der Waals surface area (Å²) in [4.78, 5) is 11.9. The topological polar surface area (TPSA) is 26.3 Å². The maximum atomic E-state index is 11.9. The lowest BCUT2D eigenvalue weighted by Gasteiger charge is -2.13. The van der Waals surface area contributed by atoms with Crippen molar-refractivity contribution in [3.63, 3.8) is 0 Å². The molecule has 0 aliphatic rings. The molecule has 0 amide bonds. The highest BCUT2D eigenvalue weighted by molar-refractivity contribution is 5.82. The molecule has 106 valence electrons. The molecule has 0 N–H and O–H groups in total. The minimum absolute atomic E-state index is 0.0856. The zero-order valence-electron chi connectivity index (χ0n) is 12.8. The average Bonchev–Trinajstić information content (AvgIpc) is 2.36. The van der Waals surface area contributed by atoms with Crippen LogP contribution in [0.2, 0.25) is 0 Å². The minimum Gasteiger partial charge on any atom is -0.493 e. The Bertz CT molecular complexity index is 390. The summed E-state index contributed by atoms with van der Waals surface area (Å²) in [5.74, 6) is 1.97. The van der Waals surface area contributed by atoms with Gasteiger partial charge in [-0.1, -0.05) is 46.8 Å². The standard InChI is InChI=1S/C17H26O2/c1-12(2)11-19-16-8-6-15(7-9-16)10-14(5)17(18)13(3)4/h6-9,12-14H,10-11H2,1-5H3. The van der Waals surface area contributed by atoms with Crippen molar-refractivity contribution in [1.29, 1.82) is 0 Å². The van der Waals surface area contributed by atoms with Crippen LogP contribution in [0, 0.1) is 17.8 Å². The molecule has 1 aromatic carbocycles. The van der Waals surface area contributed by atoms with E-state index in [1.54, 1.807) is 0 Å². The Kier molecular flexibility index (Phi) is 6.07. The fourth-order valence-corrected chi connectivity index (χ4v) is 2.01. The third-order valence-electron chi connectivity index (χ3n) is 3.10. The van der Waals surface area contributed by atoms with Crippen molar-refractivity contribution >= 4 is 5.78 Å². The second kappa shape index (κ2) is 7.32. The Morgan fingerprint density at radius 3 is 2.11 bits per heavy atom. The SMILES string of the molecule is CC(C)COc1ccc(CC(C)C(=O)C(C)C)cc1. The van der Waals surface area contributed by atoms with Crippen molar-refractivity contribution in [3.8, 4) is 5.75 Å². The molecule has 1 atom stereocenters. The fraction of sp³-hybridized carbons (Fsp3) is 0.588. The van der Waals surface area contributed by atoms with Crippen molar-refractivity contribution in [2.45, 2.75) is 41.0 Å². The molecular weight excluding hydrogens is 236 g/mol. The maximum Gasteiger partial charge on any atom is 0.138 e. The molecule has 2 heteroatoms. The van der Waals surface area contributed by atoms with E-state index >= 15 is 0 Å². The monoisotopic (exact) mass is 262 g/mol. The highest BCUT2D eigenvalue weighted by Gasteiger charge is 2.16. The van der Waals surface area contributed by atoms with Crippen LogP contribution in [0.1, 0.15) is 40.2 Å². The van der Waals surface area contributed by atoms with Crippen molar-refractivity contribution < 1.29 is 9.53 Å². The summed E-state index contributed by atoms with van der Waals surface area (Å²) in [5, 5.41) is 0. The van der Waals surface area contributed by atoms with E-state index in [2.05, 4.69) is 26.0 Å². The summed E-state index contributed by atoms with van der Waals surface area (Å²) in [6.45, 7) is 10.9. The van der Waals surface area contributed by atoms with Gasteiger partial charge in [-0.15, -0.1) is 0 Å². The Hall–Kier alpha value is -1.31. The van der Waals surface area contributed by atoms with E-state index in [1.165, 1.54) is 5.56 Å². The van der Waals surface area contributed by atoms with Crippen LogP contribution >= 0.6 is 0 Å². The van der Waals surface area contributed by atoms with E-state index in [9.17, 15) is 4.79 Å². The smallest absolute Gasteiger partial charge is 0.138 e. The van der Waals surface area contributed by atoms with Crippen LogP contribution in [-0.4, -0.2) is 12.4 Å². The maximum absolute atomic E-state index is 11.9. The van der Waals surface area contributed by atoms with E-state index in [0.29, 0.717) is 11.7 Å². The van der Waals surface area contributed by atoms with Crippen LogP contribution in [0.5, 0.6) is 5.75 Å². The van der Waals surface area contributed by atoms with Crippen LogP contribution in [0.3, 0.4) is 0 Å². The van der Waals surface area contributed by atoms with E-state index in [4.69, 9.17) is 4.74 Å². The first kappa shape index (κ1) is 15.7. The number of carbonyl (C=O) groups is 1. The van der Waals surface area contributed by atoms with E-state index in [0.717, 1.165) is 18.8 Å². The number of carbonyl (C=O) groups excluding carboxylic acids is 1. The highest BCUT2D eigenvalue weighted by Crippen LogP contribution is 2.17. The van der Waals surface area contributed by atoms with Crippen LogP contribution < -0.4 is 4.74 Å². The average molecular weight is 262 g/mol. The third kappa shape index (κ3) is 5.46. The van der Waals surface area contributed by atoms with Crippen molar-refractivity contribution in [1.82, 2.24) is 0 Å². The van der Waals surface area contributed by atoms with Gasteiger partial charge in [0, 0.05) is 11.8 Å². The highest BCUT2D eigenvalue weighted by atomic mass is 16.5. The molecule has 0 bridgehead atoms. The first-order chi connectivity index (χ1) is 8.90. The molecule has 0 fully saturated rings. The molecule has 0 aliphatic heterocycles. The zero-order chi connectivity index (χ0) is 14.4. The van der Waals surface area contributed by atoms with Crippen LogP contribution in [0.25, 0.3) is 0 Å². The molecule has 19 heavy (non-hydrogen) atoms. The van der Waals surface area contributed by atoms with E-state index in [1.807, 2.05) is 32.9 Å². The van der Waals surface area contributed by atoms with Crippen molar-refractivity contribution in [2.75, 3.05) is 6.61 Å². The molecule has 0 aromatic heterocycles. The summed E-state index contributed by atoms with van der Waals surface area (Å²) in [5.41, 5.74) is 1.19. The van der Waals surface area contributed by atoms with Crippen molar-refractivity contribution in [2.24, 2.45) is 17.8 Å². The van der Waals surface area contributed by atoms with Gasteiger partial charge in [0.05, 0.1) is 6.61 Å². The predicted molar refractivity (Wildman–Crippen MR) is 79.5 cm³/mol. The lowest BCUT2D eigenvalue weighted by Crippen LogP contribution is -2.19. The van der Waals surface area contributed by atoms with Gasteiger partial charge < -0.3 is 4.74 Å². The normalized spacial score (nSPS) is 12.8. The minimum atomic E-state index is 0.0856. The van der Waals surface area contributed by atoms with Gasteiger partial charge in [-0.25, -0.2) is 0 Å². The number of ether oxygens (including phenoxy) is 1. The molecule has 1 aromatic rings. The molecular formula is C17H26O2. The third-order valence-corrected chi connectivity index (χ3v) is 3.10. The number of rotatable bonds is 7. The molecule has 0 heterocycles. The quantitative estimate of drug-likeness (QED) is 0.738. The molecule has 0 spiro atoms. The predicted octanol–water partition coefficient (Wildman–Crippen LogP) is 4.13. The van der Waals surface area contributed by atoms with Gasteiger partial charge in [0.25, 0.3) is 0 Å². The second-order valence-electron chi connectivity index (χ2n) is 6.01. The van der Waals surface area contributed by atoms with Gasteiger partial charge in [-0.2, -0.15) is 0 Å². The van der Waals surface area contributed by atoms with Crippen molar-refractivity contribution in [3.05, 3.63) is 29.8 Å². The summed E-state index contributed by atoms with van der Waals surface area (Å²) < 4.78 is 5.65. The first-order valence-corrected chi connectivity index (χ1v) is 7.15. The zero-order valence-corrected chi connectivity index (χ0v) is 12.8. The summed E-state index contributed by atoms with van der Waals surface area (Å²) in [7, 11) is 0. The Balaban J connectivity index is 2.54. The number of hydrogen-bond acceptors (Lipinski definition) is 2. The Morgan fingerprint density at radius 2 is 1.63 bits per heavy atom. The number of hydrogen-bond donors (Lipinski definition) is 0. The van der Waals surface area contributed by atoms with Gasteiger partial charge >= 0.3 is 0 Å². The number of Topliss-reactive ketones (excluding diaryl/α,β-unsaturated/α-hetero) is 1. The Morgan fingerprint density at radius 1 is 1.05 bits per heavy atom. The van der Waals surface area contributed by atoms with Gasteiger partial charge in [-0.05, 0) is 30.0 Å². The number of ketones is 1. The lowest BCUT2D eigenvalue weighted by molar-refractivity contribution is -0.125. The molecule has 0 aliphatic carbocycles. The molecule has 2 nitrogen and oxygen atoms in total. The fourth-order valence-electron chi connectivity index (χ4n) is 2.01. The largest absolute Gasteiger partial charge is 0.493 e. The van der Waals surface area contributed by atoms with E-state index < -0.39 is 0 Å². The molecule has 0 saturated carbocycles. The second-order valence-corrected chi connectivity index (χ2v) is 6.01. The van der Waals surface area contributed by atoms with Crippen LogP contribution in [-0.2, 0) is 11.2 Å². The van der Waals surface area contributed by atoms with Crippen LogP contribution in [0.4, 0.5) is 0 Å². The molecule has 1 unspecified atom stereocenters. The Labute approximate surface area is 117 Å². The molecule has 1 rings (SSSR count). The van der Waals surface area contributed by atoms with Gasteiger partial charge in [0.1, 0.15) is 11.5 Å². The summed E-state index contributed by atoms with van der Waals surface area (Å²) in [6.07, 6.45) is 0.807. The van der Waals surface area contributed by atoms with Gasteiger partial charge in [0.2, 0.25) is 0 Å². The van der Waals surface area contributed by atoms with Gasteiger partial charge in [-0.3, -0.25) is 4.79 Å². The van der Waals surface area contributed by atoms with Gasteiger partial charge in [0.15, 0.2) is 0 Å². The van der Waals surface area contributed by atoms with Crippen LogP contribution in [0.15, 0.2) is 24.3 Å². The molecule has 0 saturated heterocycles. The summed E-state index contributed by atoms with van der Waals surface area (Å²) >= 11 is 0. The summed E-state index contributed by atoms with van der Waals surface area (Å²) in [6, 6.07) is 8.09. The first-order valence-electron chi connectivity index (χ1n) is 7.15. The van der Waals surface area contributed by atoms with E-state index in [-0.39, 0.29) is 11.8 Å². The lowest BCUT2D eigenvalue weighted by atomic mass is 9.91. The molecule has 0 radical (unpaired) electrons.